The Balaban J connectivity index is 2.36. The Morgan fingerprint density at radius 3 is 2.48 bits per heavy atom. The van der Waals surface area contributed by atoms with Gasteiger partial charge in [-0.1, -0.05) is 44.2 Å². The minimum absolute atomic E-state index is 0.0990. The summed E-state index contributed by atoms with van der Waals surface area (Å²) >= 11 is 0. The summed E-state index contributed by atoms with van der Waals surface area (Å²) in [5.41, 5.74) is 1.54. The van der Waals surface area contributed by atoms with Crippen molar-refractivity contribution < 1.29 is 9.53 Å². The second-order valence-corrected chi connectivity index (χ2v) is 6.21. The van der Waals surface area contributed by atoms with Crippen LogP contribution >= 0.6 is 0 Å². The Kier molecular flexibility index (Phi) is 4.40. The van der Waals surface area contributed by atoms with Crippen molar-refractivity contribution in [2.75, 3.05) is 6.73 Å². The number of carbonyl (C=O) groups excluding carboxylic acids is 1. The van der Waals surface area contributed by atoms with Crippen LogP contribution in [0.3, 0.4) is 0 Å². The van der Waals surface area contributed by atoms with E-state index in [-0.39, 0.29) is 11.8 Å². The minimum atomic E-state index is -0.391. The lowest BCUT2D eigenvalue weighted by molar-refractivity contribution is -0.143. The molecule has 1 aromatic carbocycles. The number of ether oxygens (including phenoxy) is 1. The Morgan fingerprint density at radius 1 is 1.29 bits per heavy atom. The van der Waals surface area contributed by atoms with Crippen molar-refractivity contribution in [1.82, 2.24) is 4.90 Å². The average Bonchev–Trinajstić information content (AvgIpc) is 2.47. The maximum Gasteiger partial charge on any atom is 0.256 e. The second-order valence-electron chi connectivity index (χ2n) is 6.21. The van der Waals surface area contributed by atoms with E-state index in [4.69, 9.17) is 4.74 Å². The number of nitrogens with zero attached hydrogens (tertiary/aromatic N) is 1. The van der Waals surface area contributed by atoms with Crippen LogP contribution in [0.4, 0.5) is 0 Å². The van der Waals surface area contributed by atoms with Crippen LogP contribution in [0.15, 0.2) is 41.7 Å². The maximum atomic E-state index is 12.9. The van der Waals surface area contributed by atoms with Crippen LogP contribution in [0.1, 0.15) is 46.6 Å². The molecule has 0 aliphatic carbocycles. The molecule has 21 heavy (non-hydrogen) atoms. The zero-order valence-electron chi connectivity index (χ0n) is 13.6. The largest absolute Gasteiger partial charge is 0.477 e. The number of hydrogen-bond acceptors (Lipinski definition) is 2. The predicted molar refractivity (Wildman–Crippen MR) is 84.4 cm³/mol. The fourth-order valence-corrected chi connectivity index (χ4v) is 2.77. The molecule has 0 aromatic heterocycles. The molecule has 1 aliphatic rings. The van der Waals surface area contributed by atoms with E-state index in [0.29, 0.717) is 6.73 Å². The lowest BCUT2D eigenvalue weighted by Crippen LogP contribution is -2.50. The molecule has 1 heterocycles. The standard InChI is InChI=1S/C18H25NO2/c1-6-13(2)16-14(3)21-12-19(17(16)20)18(4,5)15-10-8-7-9-11-15/h7-11,13H,6,12H2,1-5H3. The molecule has 3 heteroatoms. The second kappa shape index (κ2) is 5.92. The molecule has 0 saturated heterocycles. The molecular weight excluding hydrogens is 262 g/mol. The average molecular weight is 287 g/mol. The Morgan fingerprint density at radius 2 is 1.90 bits per heavy atom. The molecule has 0 N–H and O–H groups in total. The van der Waals surface area contributed by atoms with E-state index in [2.05, 4.69) is 39.8 Å². The van der Waals surface area contributed by atoms with Gasteiger partial charge in [-0.3, -0.25) is 9.69 Å². The van der Waals surface area contributed by atoms with Gasteiger partial charge in [-0.05, 0) is 38.7 Å². The first-order valence-corrected chi connectivity index (χ1v) is 7.60. The monoisotopic (exact) mass is 287 g/mol. The first kappa shape index (κ1) is 15.6. The Bertz CT molecular complexity index is 546. The minimum Gasteiger partial charge on any atom is -0.477 e. The van der Waals surface area contributed by atoms with Crippen molar-refractivity contribution in [2.45, 2.75) is 46.6 Å². The molecule has 0 fully saturated rings. The summed E-state index contributed by atoms with van der Waals surface area (Å²) in [5, 5.41) is 0. The third-order valence-corrected chi connectivity index (χ3v) is 4.53. The SMILES string of the molecule is CCC(C)C1=C(C)OCN(C(C)(C)c2ccccc2)C1=O. The lowest BCUT2D eigenvalue weighted by Gasteiger charge is -2.42. The first-order valence-electron chi connectivity index (χ1n) is 7.60. The zero-order valence-corrected chi connectivity index (χ0v) is 13.6. The van der Waals surface area contributed by atoms with E-state index >= 15 is 0 Å². The quantitative estimate of drug-likeness (QED) is 0.836. The molecule has 0 radical (unpaired) electrons. The van der Waals surface area contributed by atoms with E-state index in [1.54, 1.807) is 0 Å². The molecule has 0 spiro atoms. The van der Waals surface area contributed by atoms with Gasteiger partial charge in [0, 0.05) is 0 Å². The first-order chi connectivity index (χ1) is 9.89. The van der Waals surface area contributed by atoms with Crippen LogP contribution in [0, 0.1) is 5.92 Å². The molecule has 1 amide bonds. The van der Waals surface area contributed by atoms with E-state index in [0.717, 1.165) is 23.3 Å². The smallest absolute Gasteiger partial charge is 0.256 e. The highest BCUT2D eigenvalue weighted by atomic mass is 16.5. The molecule has 3 nitrogen and oxygen atoms in total. The fraction of sp³-hybridized carbons (Fsp3) is 0.500. The molecular formula is C18H25NO2. The zero-order chi connectivity index (χ0) is 15.6. The third kappa shape index (κ3) is 2.82. The van der Waals surface area contributed by atoms with Crippen molar-refractivity contribution in [3.63, 3.8) is 0 Å². The van der Waals surface area contributed by atoms with Crippen molar-refractivity contribution in [2.24, 2.45) is 5.92 Å². The maximum absolute atomic E-state index is 12.9. The highest BCUT2D eigenvalue weighted by Gasteiger charge is 2.38. The van der Waals surface area contributed by atoms with Crippen molar-refractivity contribution in [3.05, 3.63) is 47.2 Å². The van der Waals surface area contributed by atoms with Crippen molar-refractivity contribution in [1.29, 1.82) is 0 Å². The highest BCUT2D eigenvalue weighted by molar-refractivity contribution is 5.95. The Hall–Kier alpha value is -1.77. The lowest BCUT2D eigenvalue weighted by atomic mass is 9.89. The molecule has 1 atom stereocenters. The van der Waals surface area contributed by atoms with E-state index < -0.39 is 5.54 Å². The molecule has 1 aliphatic heterocycles. The van der Waals surface area contributed by atoms with Gasteiger partial charge >= 0.3 is 0 Å². The molecule has 114 valence electrons. The fourth-order valence-electron chi connectivity index (χ4n) is 2.77. The van der Waals surface area contributed by atoms with Crippen LogP contribution in [0.5, 0.6) is 0 Å². The van der Waals surface area contributed by atoms with E-state index in [1.807, 2.05) is 30.0 Å². The van der Waals surface area contributed by atoms with Gasteiger partial charge in [0.2, 0.25) is 0 Å². The summed E-state index contributed by atoms with van der Waals surface area (Å²) in [4.78, 5) is 14.8. The molecule has 0 bridgehead atoms. The van der Waals surface area contributed by atoms with Gasteiger partial charge in [-0.15, -0.1) is 0 Å². The summed E-state index contributed by atoms with van der Waals surface area (Å²) in [5.74, 6) is 1.09. The number of rotatable bonds is 4. The molecule has 1 unspecified atom stereocenters. The van der Waals surface area contributed by atoms with E-state index in [1.165, 1.54) is 0 Å². The Labute approximate surface area is 127 Å². The van der Waals surface area contributed by atoms with Crippen LogP contribution < -0.4 is 0 Å². The van der Waals surface area contributed by atoms with Gasteiger partial charge in [0.1, 0.15) is 5.76 Å². The number of allylic oxidation sites excluding steroid dienone is 1. The number of benzene rings is 1. The van der Waals surface area contributed by atoms with Gasteiger partial charge in [-0.2, -0.15) is 0 Å². The van der Waals surface area contributed by atoms with Gasteiger partial charge in [-0.25, -0.2) is 0 Å². The van der Waals surface area contributed by atoms with Crippen LogP contribution in [0.25, 0.3) is 0 Å². The summed E-state index contributed by atoms with van der Waals surface area (Å²) in [6.45, 7) is 10.5. The van der Waals surface area contributed by atoms with E-state index in [9.17, 15) is 4.79 Å². The predicted octanol–water partition coefficient (Wildman–Crippen LogP) is 4.06. The summed E-state index contributed by atoms with van der Waals surface area (Å²) in [7, 11) is 0. The summed E-state index contributed by atoms with van der Waals surface area (Å²) < 4.78 is 5.79. The topological polar surface area (TPSA) is 29.5 Å². The van der Waals surface area contributed by atoms with Gasteiger partial charge in [0.15, 0.2) is 6.73 Å². The van der Waals surface area contributed by atoms with Crippen LogP contribution in [-0.4, -0.2) is 17.5 Å². The van der Waals surface area contributed by atoms with Crippen molar-refractivity contribution in [3.8, 4) is 0 Å². The van der Waals surface area contributed by atoms with Gasteiger partial charge in [0.05, 0.1) is 11.1 Å². The van der Waals surface area contributed by atoms with Crippen LogP contribution in [-0.2, 0) is 15.1 Å². The highest BCUT2D eigenvalue weighted by Crippen LogP contribution is 2.34. The van der Waals surface area contributed by atoms with Crippen LogP contribution in [0.2, 0.25) is 0 Å². The number of amides is 1. The normalized spacial score (nSPS) is 17.8. The molecule has 1 aromatic rings. The van der Waals surface area contributed by atoms with Gasteiger partial charge in [0.25, 0.3) is 5.91 Å². The molecule has 0 saturated carbocycles. The third-order valence-electron chi connectivity index (χ3n) is 4.53. The molecule has 2 rings (SSSR count). The van der Waals surface area contributed by atoms with Crippen molar-refractivity contribution >= 4 is 5.91 Å². The number of carbonyl (C=O) groups is 1. The van der Waals surface area contributed by atoms with Gasteiger partial charge < -0.3 is 4.74 Å². The summed E-state index contributed by atoms with van der Waals surface area (Å²) in [6.07, 6.45) is 0.932. The number of hydrogen-bond donors (Lipinski definition) is 0. The summed E-state index contributed by atoms with van der Waals surface area (Å²) in [6, 6.07) is 10.1.